The second kappa shape index (κ2) is 5.13. The Kier molecular flexibility index (Phi) is 3.56. The lowest BCUT2D eigenvalue weighted by Gasteiger charge is -2.04. The fourth-order valence-electron chi connectivity index (χ4n) is 1.24. The van der Waals surface area contributed by atoms with Gasteiger partial charge in [-0.05, 0) is 23.7 Å². The molecule has 4 nitrogen and oxygen atoms in total. The summed E-state index contributed by atoms with van der Waals surface area (Å²) < 4.78 is 41.5. The molecule has 0 saturated carbocycles. The molecule has 8 heteroatoms. The molecule has 0 aliphatic heterocycles. The van der Waals surface area contributed by atoms with E-state index < -0.39 is 23.8 Å². The third-order valence-corrected chi connectivity index (χ3v) is 2.79. The fourth-order valence-corrected chi connectivity index (χ4v) is 1.81. The topological polar surface area (TPSA) is 54.9 Å². The minimum atomic E-state index is -2.90. The van der Waals surface area contributed by atoms with Gasteiger partial charge in [-0.1, -0.05) is 16.6 Å². The third kappa shape index (κ3) is 2.48. The Balaban J connectivity index is 2.23. The van der Waals surface area contributed by atoms with Crippen LogP contribution in [0.1, 0.15) is 21.8 Å². The normalized spacial score (nSPS) is 10.7. The van der Waals surface area contributed by atoms with Crippen LogP contribution in [0.25, 0.3) is 0 Å². The first-order chi connectivity index (χ1) is 8.59. The van der Waals surface area contributed by atoms with E-state index >= 15 is 0 Å². The van der Waals surface area contributed by atoms with Crippen molar-refractivity contribution in [2.75, 3.05) is 5.32 Å². The van der Waals surface area contributed by atoms with Crippen LogP contribution >= 0.6 is 11.5 Å². The van der Waals surface area contributed by atoms with Crippen molar-refractivity contribution in [3.8, 4) is 0 Å². The smallest absolute Gasteiger partial charge is 0.283 e. The molecule has 0 aliphatic carbocycles. The Morgan fingerprint density at radius 2 is 2.06 bits per heavy atom. The highest BCUT2D eigenvalue weighted by molar-refractivity contribution is 7.08. The zero-order chi connectivity index (χ0) is 13.1. The van der Waals surface area contributed by atoms with Gasteiger partial charge in [0.05, 0.1) is 5.69 Å². The quantitative estimate of drug-likeness (QED) is 0.935. The lowest BCUT2D eigenvalue weighted by atomic mass is 10.3. The number of amides is 1. The highest BCUT2D eigenvalue weighted by Gasteiger charge is 2.23. The van der Waals surface area contributed by atoms with Crippen molar-refractivity contribution >= 4 is 23.1 Å². The van der Waals surface area contributed by atoms with Crippen LogP contribution in [-0.2, 0) is 0 Å². The molecule has 0 saturated heterocycles. The summed E-state index contributed by atoms with van der Waals surface area (Å²) in [6.07, 6.45) is -2.90. The first kappa shape index (κ1) is 12.5. The monoisotopic (exact) mass is 273 g/mol. The van der Waals surface area contributed by atoms with Gasteiger partial charge in [0.2, 0.25) is 0 Å². The van der Waals surface area contributed by atoms with E-state index in [1.54, 1.807) is 0 Å². The second-order valence-electron chi connectivity index (χ2n) is 3.22. The highest BCUT2D eigenvalue weighted by atomic mass is 32.1. The minimum absolute atomic E-state index is 0.0869. The maximum atomic E-state index is 13.3. The SMILES string of the molecule is O=C(Nc1ccccc1F)c1snnc1C(F)F. The summed E-state index contributed by atoms with van der Waals surface area (Å²) in [4.78, 5) is 11.3. The fraction of sp³-hybridized carbons (Fsp3) is 0.100. The molecule has 1 amide bonds. The van der Waals surface area contributed by atoms with Crippen LogP contribution in [0, 0.1) is 5.82 Å². The van der Waals surface area contributed by atoms with Crippen molar-refractivity contribution in [2.24, 2.45) is 0 Å². The number of carbonyl (C=O) groups is 1. The van der Waals surface area contributed by atoms with Gasteiger partial charge in [0.1, 0.15) is 10.7 Å². The molecular weight excluding hydrogens is 267 g/mol. The van der Waals surface area contributed by atoms with E-state index in [-0.39, 0.29) is 10.6 Å². The van der Waals surface area contributed by atoms with Crippen LogP contribution in [0.3, 0.4) is 0 Å². The Bertz CT molecular complexity index is 573. The summed E-state index contributed by atoms with van der Waals surface area (Å²) in [5.41, 5.74) is -0.787. The number of para-hydroxylation sites is 1. The Morgan fingerprint density at radius 1 is 1.33 bits per heavy atom. The number of aromatic nitrogens is 2. The first-order valence-electron chi connectivity index (χ1n) is 4.76. The summed E-state index contributed by atoms with van der Waals surface area (Å²) in [6.45, 7) is 0. The number of nitrogens with one attached hydrogen (secondary N) is 1. The van der Waals surface area contributed by atoms with Crippen molar-refractivity contribution in [2.45, 2.75) is 6.43 Å². The molecular formula is C10H6F3N3OS. The van der Waals surface area contributed by atoms with Gasteiger partial charge in [-0.2, -0.15) is 0 Å². The number of rotatable bonds is 3. The van der Waals surface area contributed by atoms with Crippen LogP contribution in [-0.4, -0.2) is 15.5 Å². The molecule has 1 aromatic carbocycles. The number of hydrogen-bond donors (Lipinski definition) is 1. The lowest BCUT2D eigenvalue weighted by Crippen LogP contribution is -2.13. The molecule has 1 aromatic heterocycles. The Hall–Kier alpha value is -1.96. The zero-order valence-electron chi connectivity index (χ0n) is 8.73. The number of halogens is 3. The molecule has 0 atom stereocenters. The van der Waals surface area contributed by atoms with Crippen LogP contribution < -0.4 is 5.32 Å². The molecule has 2 rings (SSSR count). The molecule has 0 fully saturated rings. The number of benzene rings is 1. The van der Waals surface area contributed by atoms with Gasteiger partial charge in [0.15, 0.2) is 5.69 Å². The average Bonchev–Trinajstić information content (AvgIpc) is 2.81. The molecule has 0 radical (unpaired) electrons. The molecule has 1 heterocycles. The van der Waals surface area contributed by atoms with Crippen LogP contribution in [0.4, 0.5) is 18.9 Å². The van der Waals surface area contributed by atoms with Crippen molar-refractivity contribution in [1.29, 1.82) is 0 Å². The van der Waals surface area contributed by atoms with Gasteiger partial charge in [-0.3, -0.25) is 4.79 Å². The number of carbonyl (C=O) groups excluding carboxylic acids is 1. The summed E-state index contributed by atoms with van der Waals surface area (Å²) in [6, 6.07) is 5.43. The molecule has 0 unspecified atom stereocenters. The largest absolute Gasteiger partial charge is 0.319 e. The first-order valence-corrected chi connectivity index (χ1v) is 5.53. The number of alkyl halides is 2. The van der Waals surface area contributed by atoms with E-state index in [0.717, 1.165) is 6.07 Å². The van der Waals surface area contributed by atoms with Crippen LogP contribution in [0.2, 0.25) is 0 Å². The van der Waals surface area contributed by atoms with E-state index in [1.165, 1.54) is 18.2 Å². The number of anilines is 1. The molecule has 18 heavy (non-hydrogen) atoms. The number of nitrogens with zero attached hydrogens (tertiary/aromatic N) is 2. The highest BCUT2D eigenvalue weighted by Crippen LogP contribution is 2.24. The van der Waals surface area contributed by atoms with Gasteiger partial charge in [0.25, 0.3) is 12.3 Å². The minimum Gasteiger partial charge on any atom is -0.319 e. The van der Waals surface area contributed by atoms with Crippen molar-refractivity contribution in [1.82, 2.24) is 9.59 Å². The van der Waals surface area contributed by atoms with Gasteiger partial charge in [-0.25, -0.2) is 13.2 Å². The standard InChI is InChI=1S/C10H6F3N3OS/c11-5-3-1-2-4-6(5)14-10(17)8-7(9(12)13)15-16-18-8/h1-4,9H,(H,14,17). The van der Waals surface area contributed by atoms with Gasteiger partial charge >= 0.3 is 0 Å². The van der Waals surface area contributed by atoms with Crippen molar-refractivity contribution in [3.63, 3.8) is 0 Å². The Morgan fingerprint density at radius 3 is 2.72 bits per heavy atom. The predicted molar refractivity (Wildman–Crippen MR) is 59.2 cm³/mol. The van der Waals surface area contributed by atoms with E-state index in [0.29, 0.717) is 11.5 Å². The van der Waals surface area contributed by atoms with Gasteiger partial charge in [-0.15, -0.1) is 5.10 Å². The predicted octanol–water partition coefficient (Wildman–Crippen LogP) is 2.87. The van der Waals surface area contributed by atoms with Crippen molar-refractivity contribution in [3.05, 3.63) is 40.7 Å². The maximum absolute atomic E-state index is 13.3. The third-order valence-electron chi connectivity index (χ3n) is 2.05. The van der Waals surface area contributed by atoms with E-state index in [1.807, 2.05) is 0 Å². The van der Waals surface area contributed by atoms with E-state index in [2.05, 4.69) is 14.9 Å². The molecule has 0 bridgehead atoms. The maximum Gasteiger partial charge on any atom is 0.283 e. The van der Waals surface area contributed by atoms with Gasteiger partial charge < -0.3 is 5.32 Å². The molecule has 0 aliphatic rings. The summed E-state index contributed by atoms with van der Waals surface area (Å²) >= 11 is 0.535. The molecule has 2 aromatic rings. The van der Waals surface area contributed by atoms with E-state index in [9.17, 15) is 18.0 Å². The lowest BCUT2D eigenvalue weighted by molar-refractivity contribution is 0.101. The summed E-state index contributed by atoms with van der Waals surface area (Å²) in [5.74, 6) is -1.51. The van der Waals surface area contributed by atoms with Gasteiger partial charge in [0, 0.05) is 0 Å². The summed E-state index contributed by atoms with van der Waals surface area (Å²) in [5, 5.41) is 5.36. The number of hydrogen-bond acceptors (Lipinski definition) is 4. The summed E-state index contributed by atoms with van der Waals surface area (Å²) in [7, 11) is 0. The second-order valence-corrected chi connectivity index (χ2v) is 3.98. The average molecular weight is 273 g/mol. The Labute approximate surface area is 104 Å². The van der Waals surface area contributed by atoms with Crippen LogP contribution in [0.15, 0.2) is 24.3 Å². The van der Waals surface area contributed by atoms with Crippen molar-refractivity contribution < 1.29 is 18.0 Å². The van der Waals surface area contributed by atoms with E-state index in [4.69, 9.17) is 0 Å². The molecule has 0 spiro atoms. The molecule has 94 valence electrons. The van der Waals surface area contributed by atoms with Crippen LogP contribution in [0.5, 0.6) is 0 Å². The zero-order valence-corrected chi connectivity index (χ0v) is 9.55. The molecule has 1 N–H and O–H groups in total.